The molecule has 11 rings (SSSR count). The molecule has 0 radical (unpaired) electrons. The van der Waals surface area contributed by atoms with Crippen LogP contribution in [0.1, 0.15) is 25.0 Å². The molecule has 0 saturated heterocycles. The molecule has 274 valence electrons. The molecular formula is C57H41N. The van der Waals surface area contributed by atoms with Crippen LogP contribution in [-0.4, -0.2) is 0 Å². The zero-order valence-electron chi connectivity index (χ0n) is 32.7. The summed E-state index contributed by atoms with van der Waals surface area (Å²) in [6, 6.07) is 78.1. The van der Waals surface area contributed by atoms with E-state index in [9.17, 15) is 0 Å². The van der Waals surface area contributed by atoms with Crippen molar-refractivity contribution in [2.24, 2.45) is 0 Å². The van der Waals surface area contributed by atoms with Gasteiger partial charge in [0.1, 0.15) is 0 Å². The van der Waals surface area contributed by atoms with Gasteiger partial charge < -0.3 is 4.90 Å². The minimum atomic E-state index is -0.0991. The van der Waals surface area contributed by atoms with Crippen molar-refractivity contribution < 1.29 is 0 Å². The molecule has 0 heterocycles. The molecule has 0 saturated carbocycles. The second-order valence-corrected chi connectivity index (χ2v) is 16.1. The van der Waals surface area contributed by atoms with Gasteiger partial charge in [0, 0.05) is 22.5 Å². The maximum atomic E-state index is 2.42. The van der Waals surface area contributed by atoms with Crippen molar-refractivity contribution in [3.63, 3.8) is 0 Å². The third-order valence-electron chi connectivity index (χ3n) is 12.5. The molecule has 0 spiro atoms. The van der Waals surface area contributed by atoms with Crippen LogP contribution in [0, 0.1) is 0 Å². The largest absolute Gasteiger partial charge is 0.310 e. The van der Waals surface area contributed by atoms with E-state index in [4.69, 9.17) is 0 Å². The van der Waals surface area contributed by atoms with Crippen molar-refractivity contribution in [1.82, 2.24) is 0 Å². The first-order valence-corrected chi connectivity index (χ1v) is 20.3. The number of fused-ring (bicyclic) bond motifs is 7. The van der Waals surface area contributed by atoms with Gasteiger partial charge >= 0.3 is 0 Å². The molecule has 0 unspecified atom stereocenters. The molecule has 0 atom stereocenters. The monoisotopic (exact) mass is 739 g/mol. The van der Waals surface area contributed by atoms with Crippen LogP contribution in [0.2, 0.25) is 0 Å². The highest BCUT2D eigenvalue weighted by molar-refractivity contribution is 6.12. The summed E-state index contributed by atoms with van der Waals surface area (Å²) in [6.07, 6.45) is 0. The van der Waals surface area contributed by atoms with Gasteiger partial charge in [-0.15, -0.1) is 0 Å². The van der Waals surface area contributed by atoms with Crippen LogP contribution in [-0.2, 0) is 5.41 Å². The molecule has 0 N–H and O–H groups in total. The van der Waals surface area contributed by atoms with Gasteiger partial charge in [0.15, 0.2) is 0 Å². The van der Waals surface area contributed by atoms with E-state index in [0.717, 1.165) is 17.1 Å². The van der Waals surface area contributed by atoms with Crippen LogP contribution in [0.5, 0.6) is 0 Å². The SMILES string of the molecule is CC1(C)c2ccccc2-c2ccc(N(c3ccc(-c4ccc(-c5cccc6ccccc56)cc4)cc3)c3ccc(-c4cccc5c4ccc4ccccc45)cc3)cc21. The summed E-state index contributed by atoms with van der Waals surface area (Å²) in [5, 5.41) is 7.65. The third-order valence-corrected chi connectivity index (χ3v) is 12.5. The van der Waals surface area contributed by atoms with E-state index in [0.29, 0.717) is 0 Å². The van der Waals surface area contributed by atoms with Gasteiger partial charge in [-0.05, 0) is 124 Å². The highest BCUT2D eigenvalue weighted by atomic mass is 15.1. The first-order valence-electron chi connectivity index (χ1n) is 20.3. The number of benzene rings is 10. The van der Waals surface area contributed by atoms with Crippen molar-refractivity contribution >= 4 is 49.4 Å². The van der Waals surface area contributed by atoms with E-state index in [2.05, 4.69) is 231 Å². The first-order chi connectivity index (χ1) is 28.5. The zero-order chi connectivity index (χ0) is 38.8. The zero-order valence-corrected chi connectivity index (χ0v) is 32.7. The molecule has 1 nitrogen and oxygen atoms in total. The fourth-order valence-corrected chi connectivity index (χ4v) is 9.48. The van der Waals surface area contributed by atoms with Crippen LogP contribution >= 0.6 is 0 Å². The van der Waals surface area contributed by atoms with Gasteiger partial charge in [-0.3, -0.25) is 0 Å². The topological polar surface area (TPSA) is 3.24 Å². The van der Waals surface area contributed by atoms with E-state index in [1.54, 1.807) is 0 Å². The standard InChI is InChI=1S/C57H41N/c1-57(2)55-20-8-7-16-53(55)54-36-34-46(37-56(54)57)58(45-32-27-43(28-33-45)50-18-10-19-51-49-15-6-4-12-41(49)29-35-52(50)51)44-30-25-39(26-31-44)38-21-23-42(24-22-38)48-17-9-13-40-11-3-5-14-47(40)48/h3-37H,1-2H3. The fourth-order valence-electron chi connectivity index (χ4n) is 9.48. The quantitative estimate of drug-likeness (QED) is 0.154. The molecule has 10 aromatic rings. The molecular weight excluding hydrogens is 699 g/mol. The Morgan fingerprint density at radius 3 is 1.48 bits per heavy atom. The molecule has 1 aliphatic rings. The number of anilines is 3. The smallest absolute Gasteiger partial charge is 0.0465 e. The summed E-state index contributed by atoms with van der Waals surface area (Å²) in [4.78, 5) is 2.41. The Labute approximate surface area is 340 Å². The molecule has 1 aliphatic carbocycles. The average molecular weight is 740 g/mol. The van der Waals surface area contributed by atoms with Gasteiger partial charge in [-0.25, -0.2) is 0 Å². The van der Waals surface area contributed by atoms with Crippen molar-refractivity contribution in [1.29, 1.82) is 0 Å². The van der Waals surface area contributed by atoms with Crippen LogP contribution in [0.15, 0.2) is 212 Å². The Kier molecular flexibility index (Phi) is 7.91. The maximum absolute atomic E-state index is 2.42. The minimum Gasteiger partial charge on any atom is -0.310 e. The molecule has 0 aromatic heterocycles. The lowest BCUT2D eigenvalue weighted by Gasteiger charge is -2.28. The summed E-state index contributed by atoms with van der Waals surface area (Å²) in [5.41, 5.74) is 16.0. The van der Waals surface area contributed by atoms with Gasteiger partial charge in [0.25, 0.3) is 0 Å². The van der Waals surface area contributed by atoms with Crippen LogP contribution in [0.3, 0.4) is 0 Å². The Morgan fingerprint density at radius 1 is 0.293 bits per heavy atom. The molecule has 0 fully saturated rings. The number of rotatable bonds is 6. The fraction of sp³-hybridized carbons (Fsp3) is 0.0526. The Hall–Kier alpha value is -7.22. The number of hydrogen-bond donors (Lipinski definition) is 0. The normalized spacial score (nSPS) is 12.8. The Balaban J connectivity index is 0.980. The van der Waals surface area contributed by atoms with Crippen LogP contribution in [0.4, 0.5) is 17.1 Å². The van der Waals surface area contributed by atoms with E-state index < -0.39 is 0 Å². The van der Waals surface area contributed by atoms with Gasteiger partial charge in [-0.2, -0.15) is 0 Å². The first kappa shape index (κ1) is 34.1. The highest BCUT2D eigenvalue weighted by Crippen LogP contribution is 2.51. The minimum absolute atomic E-state index is 0.0991. The molecule has 0 aliphatic heterocycles. The highest BCUT2D eigenvalue weighted by Gasteiger charge is 2.35. The lowest BCUT2D eigenvalue weighted by Crippen LogP contribution is -2.16. The Morgan fingerprint density at radius 2 is 0.759 bits per heavy atom. The van der Waals surface area contributed by atoms with Crippen molar-refractivity contribution in [3.05, 3.63) is 223 Å². The van der Waals surface area contributed by atoms with Gasteiger partial charge in [0.2, 0.25) is 0 Å². The van der Waals surface area contributed by atoms with Crippen molar-refractivity contribution in [3.8, 4) is 44.5 Å². The molecule has 1 heteroatoms. The summed E-state index contributed by atoms with van der Waals surface area (Å²) in [5.74, 6) is 0. The van der Waals surface area contributed by atoms with Gasteiger partial charge in [0.05, 0.1) is 0 Å². The maximum Gasteiger partial charge on any atom is 0.0465 e. The lowest BCUT2D eigenvalue weighted by atomic mass is 9.82. The predicted molar refractivity (Wildman–Crippen MR) is 248 cm³/mol. The second kappa shape index (κ2) is 13.5. The number of nitrogens with zero attached hydrogens (tertiary/aromatic N) is 1. The summed E-state index contributed by atoms with van der Waals surface area (Å²) in [6.45, 7) is 4.71. The Bertz CT molecular complexity index is 3160. The van der Waals surface area contributed by atoms with Crippen LogP contribution in [0.25, 0.3) is 76.8 Å². The lowest BCUT2D eigenvalue weighted by molar-refractivity contribution is 0.660. The molecule has 10 aromatic carbocycles. The van der Waals surface area contributed by atoms with Crippen molar-refractivity contribution in [2.75, 3.05) is 4.90 Å². The van der Waals surface area contributed by atoms with Crippen molar-refractivity contribution in [2.45, 2.75) is 19.3 Å². The third kappa shape index (κ3) is 5.54. The molecule has 58 heavy (non-hydrogen) atoms. The van der Waals surface area contributed by atoms with Crippen LogP contribution < -0.4 is 4.90 Å². The molecule has 0 bridgehead atoms. The van der Waals surface area contributed by atoms with Gasteiger partial charge in [-0.1, -0.05) is 190 Å². The predicted octanol–water partition coefficient (Wildman–Crippen LogP) is 15.9. The summed E-state index contributed by atoms with van der Waals surface area (Å²) >= 11 is 0. The molecule has 0 amide bonds. The number of hydrogen-bond acceptors (Lipinski definition) is 1. The van der Waals surface area contributed by atoms with E-state index >= 15 is 0 Å². The second-order valence-electron chi connectivity index (χ2n) is 16.1. The van der Waals surface area contributed by atoms with E-state index in [-0.39, 0.29) is 5.41 Å². The summed E-state index contributed by atoms with van der Waals surface area (Å²) in [7, 11) is 0. The summed E-state index contributed by atoms with van der Waals surface area (Å²) < 4.78 is 0. The van der Waals surface area contributed by atoms with E-state index in [1.165, 1.54) is 88.0 Å². The average Bonchev–Trinajstić information content (AvgIpc) is 3.52. The van der Waals surface area contributed by atoms with E-state index in [1.807, 2.05) is 0 Å².